The minimum atomic E-state index is -0.669. The van der Waals surface area contributed by atoms with Crippen molar-refractivity contribution in [3.8, 4) is 11.5 Å². The molecule has 3 N–H and O–H groups in total. The molecule has 26 heavy (non-hydrogen) atoms. The first kappa shape index (κ1) is 22.5. The Balaban J connectivity index is 0.00000169. The summed E-state index contributed by atoms with van der Waals surface area (Å²) < 4.78 is 0. The summed E-state index contributed by atoms with van der Waals surface area (Å²) in [6.07, 6.45) is -0.669. The second-order valence-electron chi connectivity index (χ2n) is 6.33. The maximum atomic E-state index is 10.3. The van der Waals surface area contributed by atoms with E-state index < -0.39 is 6.10 Å². The van der Waals surface area contributed by atoms with Crippen LogP contribution in [-0.4, -0.2) is 57.8 Å². The molecule has 0 spiro atoms. The number of aliphatic hydroxyl groups excluding tert-OH is 1. The second-order valence-corrected chi connectivity index (χ2v) is 6.33. The number of nitrogens with zero attached hydrogens (tertiary/aromatic N) is 2. The van der Waals surface area contributed by atoms with Crippen LogP contribution in [0.3, 0.4) is 0 Å². The van der Waals surface area contributed by atoms with E-state index in [-0.39, 0.29) is 36.3 Å². The molecular weight excluding hydrogens is 375 g/mol. The van der Waals surface area contributed by atoms with Gasteiger partial charge in [-0.3, -0.25) is 9.80 Å². The average molecular weight is 401 g/mol. The summed E-state index contributed by atoms with van der Waals surface area (Å²) in [5.74, 6) is -0.361. The van der Waals surface area contributed by atoms with Gasteiger partial charge in [-0.1, -0.05) is 36.4 Å². The van der Waals surface area contributed by atoms with Gasteiger partial charge in [-0.05, 0) is 23.3 Å². The molecule has 0 saturated carbocycles. The average Bonchev–Trinajstić information content (AvgIpc) is 2.60. The van der Waals surface area contributed by atoms with Crippen molar-refractivity contribution in [3.63, 3.8) is 0 Å². The Morgan fingerprint density at radius 1 is 0.808 bits per heavy atom. The molecule has 2 aromatic rings. The van der Waals surface area contributed by atoms with Gasteiger partial charge in [-0.25, -0.2) is 0 Å². The number of phenols is 2. The molecule has 0 aromatic heterocycles. The molecule has 3 rings (SSSR count). The Labute approximate surface area is 166 Å². The number of aliphatic hydroxyl groups is 1. The van der Waals surface area contributed by atoms with Crippen LogP contribution in [0.25, 0.3) is 0 Å². The molecule has 0 radical (unpaired) electrons. The molecule has 5 nitrogen and oxygen atoms in total. The van der Waals surface area contributed by atoms with E-state index >= 15 is 0 Å². The van der Waals surface area contributed by atoms with Crippen LogP contribution in [0.2, 0.25) is 0 Å². The van der Waals surface area contributed by atoms with Crippen molar-refractivity contribution < 1.29 is 15.3 Å². The van der Waals surface area contributed by atoms with Gasteiger partial charge in [-0.15, -0.1) is 24.8 Å². The summed E-state index contributed by atoms with van der Waals surface area (Å²) in [5.41, 5.74) is 1.95. The Morgan fingerprint density at radius 2 is 1.42 bits per heavy atom. The summed E-state index contributed by atoms with van der Waals surface area (Å²) in [7, 11) is 0. The van der Waals surface area contributed by atoms with Crippen LogP contribution >= 0.6 is 24.8 Å². The van der Waals surface area contributed by atoms with Gasteiger partial charge in [0.2, 0.25) is 0 Å². The number of phenolic OH excluding ortho intramolecular Hbond substituents is 2. The van der Waals surface area contributed by atoms with Crippen LogP contribution < -0.4 is 0 Å². The lowest BCUT2D eigenvalue weighted by molar-refractivity contribution is 0.0700. The second kappa shape index (κ2) is 10.6. The molecular formula is C19H26Cl2N2O3. The van der Waals surface area contributed by atoms with Crippen LogP contribution in [0.4, 0.5) is 0 Å². The molecule has 144 valence electrons. The quantitative estimate of drug-likeness (QED) is 0.673. The van der Waals surface area contributed by atoms with Crippen molar-refractivity contribution in [1.29, 1.82) is 0 Å². The summed E-state index contributed by atoms with van der Waals surface area (Å²) in [6.45, 7) is 5.26. The van der Waals surface area contributed by atoms with E-state index in [4.69, 9.17) is 0 Å². The minimum absolute atomic E-state index is 0. The van der Waals surface area contributed by atoms with Crippen LogP contribution in [0.15, 0.2) is 48.5 Å². The Hall–Kier alpha value is -1.50. The van der Waals surface area contributed by atoms with Crippen molar-refractivity contribution in [2.24, 2.45) is 0 Å². The van der Waals surface area contributed by atoms with E-state index in [1.54, 1.807) is 6.07 Å². The fourth-order valence-electron chi connectivity index (χ4n) is 3.07. The Bertz CT molecular complexity index is 665. The van der Waals surface area contributed by atoms with Crippen molar-refractivity contribution in [2.75, 3.05) is 32.7 Å². The standard InChI is InChI=1S/C19H24N2O3.2ClH/c22-17-7-6-16(12-18(17)23)19(24)14-21-10-8-20(9-11-21)13-15-4-2-1-3-5-15;;/h1-7,12,19,22-24H,8-11,13-14H2;2*1H. The fourth-order valence-corrected chi connectivity index (χ4v) is 3.07. The summed E-state index contributed by atoms with van der Waals surface area (Å²) in [6, 6.07) is 14.9. The molecule has 7 heteroatoms. The lowest BCUT2D eigenvalue weighted by Gasteiger charge is -2.35. The molecule has 1 atom stereocenters. The van der Waals surface area contributed by atoms with E-state index in [1.165, 1.54) is 17.7 Å². The third-order valence-electron chi connectivity index (χ3n) is 4.53. The number of aromatic hydroxyl groups is 2. The summed E-state index contributed by atoms with van der Waals surface area (Å²) in [5, 5.41) is 29.2. The first-order chi connectivity index (χ1) is 11.6. The summed E-state index contributed by atoms with van der Waals surface area (Å²) >= 11 is 0. The first-order valence-electron chi connectivity index (χ1n) is 8.30. The zero-order valence-electron chi connectivity index (χ0n) is 14.5. The van der Waals surface area contributed by atoms with E-state index in [2.05, 4.69) is 34.1 Å². The van der Waals surface area contributed by atoms with E-state index in [0.29, 0.717) is 12.1 Å². The maximum Gasteiger partial charge on any atom is 0.157 e. The van der Waals surface area contributed by atoms with Crippen molar-refractivity contribution in [2.45, 2.75) is 12.6 Å². The number of halogens is 2. The molecule has 1 unspecified atom stereocenters. The third-order valence-corrected chi connectivity index (χ3v) is 4.53. The largest absolute Gasteiger partial charge is 0.504 e. The predicted octanol–water partition coefficient (Wildman–Crippen LogP) is 2.79. The van der Waals surface area contributed by atoms with Crippen LogP contribution in [0, 0.1) is 0 Å². The lowest BCUT2D eigenvalue weighted by Crippen LogP contribution is -2.47. The van der Waals surface area contributed by atoms with Crippen molar-refractivity contribution in [3.05, 3.63) is 59.7 Å². The van der Waals surface area contributed by atoms with Crippen molar-refractivity contribution >= 4 is 24.8 Å². The van der Waals surface area contributed by atoms with Gasteiger partial charge in [0.25, 0.3) is 0 Å². The fraction of sp³-hybridized carbons (Fsp3) is 0.368. The van der Waals surface area contributed by atoms with E-state index in [0.717, 1.165) is 32.7 Å². The molecule has 0 bridgehead atoms. The predicted molar refractivity (Wildman–Crippen MR) is 107 cm³/mol. The van der Waals surface area contributed by atoms with Crippen LogP contribution in [-0.2, 0) is 6.54 Å². The number of β-amino-alcohol motifs (C(OH)–C–C–N with tert-alkyl or cyclic N) is 1. The molecule has 1 aliphatic rings. The molecule has 1 aliphatic heterocycles. The van der Waals surface area contributed by atoms with Gasteiger partial charge in [0.05, 0.1) is 6.10 Å². The topological polar surface area (TPSA) is 67.2 Å². The number of hydrogen-bond acceptors (Lipinski definition) is 5. The zero-order valence-corrected chi connectivity index (χ0v) is 16.1. The molecule has 1 saturated heterocycles. The Morgan fingerprint density at radius 3 is 2.04 bits per heavy atom. The molecule has 1 heterocycles. The zero-order chi connectivity index (χ0) is 16.9. The number of hydrogen-bond donors (Lipinski definition) is 3. The third kappa shape index (κ3) is 6.04. The van der Waals surface area contributed by atoms with Gasteiger partial charge < -0.3 is 15.3 Å². The van der Waals surface area contributed by atoms with Gasteiger partial charge in [-0.2, -0.15) is 0 Å². The van der Waals surface area contributed by atoms with Crippen molar-refractivity contribution in [1.82, 2.24) is 9.80 Å². The summed E-state index contributed by atoms with van der Waals surface area (Å²) in [4.78, 5) is 4.65. The van der Waals surface area contributed by atoms with Crippen LogP contribution in [0.5, 0.6) is 11.5 Å². The number of rotatable bonds is 5. The number of piperazine rings is 1. The van der Waals surface area contributed by atoms with Gasteiger partial charge in [0.1, 0.15) is 0 Å². The molecule has 1 fully saturated rings. The van der Waals surface area contributed by atoms with Gasteiger partial charge in [0.15, 0.2) is 11.5 Å². The first-order valence-corrected chi connectivity index (χ1v) is 8.30. The molecule has 0 aliphatic carbocycles. The Kier molecular flexibility index (Phi) is 9.19. The molecule has 0 amide bonds. The molecule has 2 aromatic carbocycles. The normalized spacial score (nSPS) is 16.3. The highest BCUT2D eigenvalue weighted by Gasteiger charge is 2.20. The maximum absolute atomic E-state index is 10.3. The minimum Gasteiger partial charge on any atom is -0.504 e. The number of benzene rings is 2. The highest BCUT2D eigenvalue weighted by atomic mass is 35.5. The highest BCUT2D eigenvalue weighted by Crippen LogP contribution is 2.28. The van der Waals surface area contributed by atoms with Gasteiger partial charge in [0, 0.05) is 39.3 Å². The van der Waals surface area contributed by atoms with Gasteiger partial charge >= 0.3 is 0 Å². The van der Waals surface area contributed by atoms with Crippen LogP contribution in [0.1, 0.15) is 17.2 Å². The highest BCUT2D eigenvalue weighted by molar-refractivity contribution is 5.85. The van der Waals surface area contributed by atoms with E-state index in [9.17, 15) is 15.3 Å². The smallest absolute Gasteiger partial charge is 0.157 e. The lowest BCUT2D eigenvalue weighted by atomic mass is 10.1. The SMILES string of the molecule is Cl.Cl.Oc1ccc(C(O)CN2CCN(Cc3ccccc3)CC2)cc1O. The monoisotopic (exact) mass is 400 g/mol. The van der Waals surface area contributed by atoms with E-state index in [1.807, 2.05) is 6.07 Å².